The van der Waals surface area contributed by atoms with Gasteiger partial charge in [-0.1, -0.05) is 0 Å². The summed E-state index contributed by atoms with van der Waals surface area (Å²) in [6.45, 7) is 9.05. The molecule has 15 heavy (non-hydrogen) atoms. The SMILES string of the molecule is C1CC(COCCN2CCOCC2)CN1. The van der Waals surface area contributed by atoms with E-state index in [1.807, 2.05) is 0 Å². The van der Waals surface area contributed by atoms with Gasteiger partial charge in [0.1, 0.15) is 0 Å². The Morgan fingerprint density at radius 1 is 1.33 bits per heavy atom. The van der Waals surface area contributed by atoms with Gasteiger partial charge in [-0.2, -0.15) is 0 Å². The van der Waals surface area contributed by atoms with E-state index in [0.717, 1.165) is 65.1 Å². The van der Waals surface area contributed by atoms with Crippen LogP contribution in [-0.4, -0.2) is 64.1 Å². The molecule has 0 aromatic carbocycles. The zero-order valence-electron chi connectivity index (χ0n) is 9.41. The van der Waals surface area contributed by atoms with Crippen molar-refractivity contribution < 1.29 is 9.47 Å². The van der Waals surface area contributed by atoms with Crippen LogP contribution in [-0.2, 0) is 9.47 Å². The Kier molecular flexibility index (Phi) is 4.86. The van der Waals surface area contributed by atoms with Crippen molar-refractivity contribution in [3.63, 3.8) is 0 Å². The van der Waals surface area contributed by atoms with Gasteiger partial charge in [-0.25, -0.2) is 0 Å². The molecule has 0 spiro atoms. The molecular weight excluding hydrogens is 192 g/mol. The molecule has 2 aliphatic heterocycles. The van der Waals surface area contributed by atoms with Crippen molar-refractivity contribution in [1.29, 1.82) is 0 Å². The molecule has 2 fully saturated rings. The minimum Gasteiger partial charge on any atom is -0.380 e. The van der Waals surface area contributed by atoms with E-state index in [9.17, 15) is 0 Å². The molecule has 4 heteroatoms. The number of nitrogens with one attached hydrogen (secondary N) is 1. The van der Waals surface area contributed by atoms with Crippen molar-refractivity contribution in [1.82, 2.24) is 10.2 Å². The Labute approximate surface area is 91.9 Å². The van der Waals surface area contributed by atoms with Crippen molar-refractivity contribution in [2.75, 3.05) is 59.2 Å². The largest absolute Gasteiger partial charge is 0.380 e. The van der Waals surface area contributed by atoms with Crippen LogP contribution in [0.4, 0.5) is 0 Å². The van der Waals surface area contributed by atoms with E-state index in [4.69, 9.17) is 9.47 Å². The molecule has 2 aliphatic rings. The quantitative estimate of drug-likeness (QED) is 0.650. The van der Waals surface area contributed by atoms with Gasteiger partial charge in [-0.05, 0) is 18.9 Å². The minimum absolute atomic E-state index is 0.745. The number of nitrogens with zero attached hydrogens (tertiary/aromatic N) is 1. The fraction of sp³-hybridized carbons (Fsp3) is 1.00. The van der Waals surface area contributed by atoms with Crippen LogP contribution in [0, 0.1) is 5.92 Å². The smallest absolute Gasteiger partial charge is 0.0594 e. The average molecular weight is 214 g/mol. The molecule has 1 N–H and O–H groups in total. The molecule has 0 saturated carbocycles. The maximum absolute atomic E-state index is 5.70. The predicted octanol–water partition coefficient (Wildman–Crippen LogP) is -0.0553. The normalized spacial score (nSPS) is 28.4. The molecule has 2 saturated heterocycles. The van der Waals surface area contributed by atoms with Gasteiger partial charge < -0.3 is 14.8 Å². The Morgan fingerprint density at radius 2 is 2.20 bits per heavy atom. The van der Waals surface area contributed by atoms with E-state index in [-0.39, 0.29) is 0 Å². The highest BCUT2D eigenvalue weighted by atomic mass is 16.5. The van der Waals surface area contributed by atoms with Crippen LogP contribution in [0.1, 0.15) is 6.42 Å². The lowest BCUT2D eigenvalue weighted by Crippen LogP contribution is -2.38. The third-order valence-corrected chi connectivity index (χ3v) is 3.17. The summed E-state index contributed by atoms with van der Waals surface area (Å²) in [7, 11) is 0. The lowest BCUT2D eigenvalue weighted by atomic mass is 10.1. The van der Waals surface area contributed by atoms with Gasteiger partial charge in [0.25, 0.3) is 0 Å². The first-order chi connectivity index (χ1) is 7.45. The molecule has 0 bridgehead atoms. The van der Waals surface area contributed by atoms with E-state index in [2.05, 4.69) is 10.2 Å². The van der Waals surface area contributed by atoms with Crippen LogP contribution in [0.3, 0.4) is 0 Å². The molecule has 0 amide bonds. The summed E-state index contributed by atoms with van der Waals surface area (Å²) in [5.41, 5.74) is 0. The third-order valence-electron chi connectivity index (χ3n) is 3.17. The maximum atomic E-state index is 5.70. The van der Waals surface area contributed by atoms with Crippen molar-refractivity contribution in [3.8, 4) is 0 Å². The Hall–Kier alpha value is -0.160. The molecule has 0 aliphatic carbocycles. The van der Waals surface area contributed by atoms with Gasteiger partial charge in [-0.3, -0.25) is 4.90 Å². The second kappa shape index (κ2) is 6.43. The molecule has 4 nitrogen and oxygen atoms in total. The lowest BCUT2D eigenvalue weighted by Gasteiger charge is -2.26. The van der Waals surface area contributed by atoms with E-state index in [0.29, 0.717) is 0 Å². The minimum atomic E-state index is 0.745. The zero-order chi connectivity index (χ0) is 10.3. The Morgan fingerprint density at radius 3 is 2.93 bits per heavy atom. The summed E-state index contributed by atoms with van der Waals surface area (Å²) < 4.78 is 11.0. The number of hydrogen-bond donors (Lipinski definition) is 1. The first-order valence-electron chi connectivity index (χ1n) is 6.04. The first-order valence-corrected chi connectivity index (χ1v) is 6.04. The second-order valence-electron chi connectivity index (χ2n) is 4.39. The van der Waals surface area contributed by atoms with Crippen molar-refractivity contribution in [2.45, 2.75) is 6.42 Å². The zero-order valence-corrected chi connectivity index (χ0v) is 9.41. The predicted molar refractivity (Wildman–Crippen MR) is 59.1 cm³/mol. The fourth-order valence-corrected chi connectivity index (χ4v) is 2.13. The molecule has 2 rings (SSSR count). The Balaban J connectivity index is 1.47. The van der Waals surface area contributed by atoms with Gasteiger partial charge in [0, 0.05) is 26.2 Å². The standard InChI is InChI=1S/C11H22N2O2/c1-2-12-9-11(1)10-15-8-5-13-3-6-14-7-4-13/h11-12H,1-10H2. The molecule has 1 unspecified atom stereocenters. The van der Waals surface area contributed by atoms with E-state index >= 15 is 0 Å². The third kappa shape index (κ3) is 4.07. The first kappa shape index (κ1) is 11.3. The van der Waals surface area contributed by atoms with E-state index in [1.165, 1.54) is 6.42 Å². The van der Waals surface area contributed by atoms with Crippen LogP contribution < -0.4 is 5.32 Å². The summed E-state index contributed by atoms with van der Waals surface area (Å²) in [4.78, 5) is 2.41. The molecule has 88 valence electrons. The van der Waals surface area contributed by atoms with Crippen molar-refractivity contribution >= 4 is 0 Å². The van der Waals surface area contributed by atoms with Gasteiger partial charge in [0.05, 0.1) is 26.4 Å². The highest BCUT2D eigenvalue weighted by Gasteiger charge is 2.14. The number of ether oxygens (including phenoxy) is 2. The van der Waals surface area contributed by atoms with E-state index < -0.39 is 0 Å². The highest BCUT2D eigenvalue weighted by molar-refractivity contribution is 4.70. The maximum Gasteiger partial charge on any atom is 0.0594 e. The van der Waals surface area contributed by atoms with Crippen molar-refractivity contribution in [3.05, 3.63) is 0 Å². The molecule has 0 aromatic heterocycles. The van der Waals surface area contributed by atoms with Crippen LogP contribution in [0.5, 0.6) is 0 Å². The summed E-state index contributed by atoms with van der Waals surface area (Å²) in [5, 5.41) is 3.36. The summed E-state index contributed by atoms with van der Waals surface area (Å²) in [6, 6.07) is 0. The monoisotopic (exact) mass is 214 g/mol. The van der Waals surface area contributed by atoms with Crippen LogP contribution in [0.15, 0.2) is 0 Å². The molecular formula is C11H22N2O2. The number of hydrogen-bond acceptors (Lipinski definition) is 4. The summed E-state index contributed by atoms with van der Waals surface area (Å²) >= 11 is 0. The molecule has 0 aromatic rings. The fourth-order valence-electron chi connectivity index (χ4n) is 2.13. The number of rotatable bonds is 5. The Bertz CT molecular complexity index is 166. The number of morpholine rings is 1. The van der Waals surface area contributed by atoms with Crippen LogP contribution >= 0.6 is 0 Å². The van der Waals surface area contributed by atoms with E-state index in [1.54, 1.807) is 0 Å². The van der Waals surface area contributed by atoms with Gasteiger partial charge in [-0.15, -0.1) is 0 Å². The second-order valence-corrected chi connectivity index (χ2v) is 4.39. The summed E-state index contributed by atoms with van der Waals surface area (Å²) in [5.74, 6) is 0.745. The molecule has 1 atom stereocenters. The van der Waals surface area contributed by atoms with Gasteiger partial charge >= 0.3 is 0 Å². The van der Waals surface area contributed by atoms with Crippen LogP contribution in [0.2, 0.25) is 0 Å². The van der Waals surface area contributed by atoms with Gasteiger partial charge in [0.2, 0.25) is 0 Å². The molecule has 2 heterocycles. The average Bonchev–Trinajstić information content (AvgIpc) is 2.79. The van der Waals surface area contributed by atoms with Crippen molar-refractivity contribution in [2.24, 2.45) is 5.92 Å². The lowest BCUT2D eigenvalue weighted by molar-refractivity contribution is 0.0166. The van der Waals surface area contributed by atoms with Gasteiger partial charge in [0.15, 0.2) is 0 Å². The topological polar surface area (TPSA) is 33.7 Å². The molecule has 0 radical (unpaired) electrons. The summed E-state index contributed by atoms with van der Waals surface area (Å²) in [6.07, 6.45) is 1.28. The highest BCUT2D eigenvalue weighted by Crippen LogP contribution is 2.07. The van der Waals surface area contributed by atoms with Crippen LogP contribution in [0.25, 0.3) is 0 Å².